The Morgan fingerprint density at radius 3 is 1.27 bits per heavy atom. The zero-order chi connectivity index (χ0) is 45.6. The highest BCUT2D eigenvalue weighted by Gasteiger charge is 2.26. The number of nitrogens with one attached hydrogen (secondary N) is 3. The van der Waals surface area contributed by atoms with Crippen molar-refractivity contribution >= 4 is 65.2 Å². The van der Waals surface area contributed by atoms with E-state index in [4.69, 9.17) is 8.83 Å². The summed E-state index contributed by atoms with van der Waals surface area (Å²) in [5.41, 5.74) is 9.27. The second kappa shape index (κ2) is 18.7. The largest absolute Gasteiger partial charge is 0.478 e. The summed E-state index contributed by atoms with van der Waals surface area (Å²) in [5, 5.41) is 13.3. The minimum atomic E-state index is -3.60. The molecule has 0 atom stereocenters. The molecule has 13 nitrogen and oxygen atoms in total. The molecular weight excluding hydrogens is 855 g/mol. The number of hydrogen-bond acceptors (Lipinski definition) is 9. The van der Waals surface area contributed by atoms with Gasteiger partial charge in [0.15, 0.2) is 0 Å². The summed E-state index contributed by atoms with van der Waals surface area (Å²) in [5.74, 6) is -2.13. The van der Waals surface area contributed by atoms with E-state index in [9.17, 15) is 40.3 Å². The Balaban J connectivity index is 0.000000202. The van der Waals surface area contributed by atoms with Crippen LogP contribution in [0.5, 0.6) is 0 Å². The molecule has 0 radical (unpaired) electrons. The molecule has 0 saturated carbocycles. The van der Waals surface area contributed by atoms with Crippen LogP contribution in [0.3, 0.4) is 0 Å². The molecule has 1 amide bonds. The third-order valence-corrected chi connectivity index (χ3v) is 10.5. The van der Waals surface area contributed by atoms with Gasteiger partial charge in [-0.05, 0) is 78.8 Å². The van der Waals surface area contributed by atoms with Gasteiger partial charge in [0.2, 0.25) is 20.0 Å². The van der Waals surface area contributed by atoms with Crippen LogP contribution in [0, 0.1) is 11.6 Å². The van der Waals surface area contributed by atoms with Crippen molar-refractivity contribution in [3.8, 4) is 44.9 Å². The van der Waals surface area contributed by atoms with Crippen LogP contribution in [0.1, 0.15) is 20.7 Å². The number of benzene rings is 6. The number of carboxylic acids is 1. The number of halogens is 2. The van der Waals surface area contributed by atoms with Gasteiger partial charge in [-0.25, -0.2) is 30.4 Å². The van der Waals surface area contributed by atoms with Gasteiger partial charge in [0.25, 0.3) is 5.91 Å². The number of carbonyl (C=O) groups excluding carboxylic acids is 1. The molecule has 63 heavy (non-hydrogen) atoms. The summed E-state index contributed by atoms with van der Waals surface area (Å²) < 4.78 is 91.1. The summed E-state index contributed by atoms with van der Waals surface area (Å²) in [6.45, 7) is 0. The number of anilines is 2. The van der Waals surface area contributed by atoms with Crippen LogP contribution < -0.4 is 20.5 Å². The van der Waals surface area contributed by atoms with E-state index in [1.807, 2.05) is 36.4 Å². The van der Waals surface area contributed by atoms with Gasteiger partial charge < -0.3 is 25.0 Å². The summed E-state index contributed by atoms with van der Waals surface area (Å²) in [6.07, 6.45) is 2.09. The Labute approximate surface area is 361 Å². The van der Waals surface area contributed by atoms with Gasteiger partial charge in [0.1, 0.15) is 39.9 Å². The summed E-state index contributed by atoms with van der Waals surface area (Å²) in [4.78, 5) is 24.8. The average molecular weight is 895 g/mol. The highest BCUT2D eigenvalue weighted by Crippen LogP contribution is 2.42. The average Bonchev–Trinajstić information content (AvgIpc) is 3.82. The zero-order valence-electron chi connectivity index (χ0n) is 34.1. The minimum absolute atomic E-state index is 0.0630. The molecule has 6 N–H and O–H groups in total. The normalized spacial score (nSPS) is 11.2. The van der Waals surface area contributed by atoms with Gasteiger partial charge in [0.05, 0.1) is 29.4 Å². The third-order valence-electron chi connectivity index (χ3n) is 9.30. The predicted molar refractivity (Wildman–Crippen MR) is 241 cm³/mol. The number of aromatic carboxylic acids is 1. The summed E-state index contributed by atoms with van der Waals surface area (Å²) in [7, 11) is -4.17. The van der Waals surface area contributed by atoms with Crippen LogP contribution in [-0.2, 0) is 20.0 Å². The lowest BCUT2D eigenvalue weighted by atomic mass is 9.99. The first-order valence-electron chi connectivity index (χ1n) is 18.8. The summed E-state index contributed by atoms with van der Waals surface area (Å²) in [6, 6.07) is 35.4. The molecule has 0 saturated heterocycles. The number of furan rings is 2. The lowest BCUT2D eigenvalue weighted by Crippen LogP contribution is -2.18. The maximum absolute atomic E-state index is 13.4. The van der Waals surface area contributed by atoms with Gasteiger partial charge in [-0.15, -0.1) is 0 Å². The van der Waals surface area contributed by atoms with Gasteiger partial charge in [-0.1, -0.05) is 60.7 Å². The Hall–Kier alpha value is -7.34. The van der Waals surface area contributed by atoms with Crippen molar-refractivity contribution in [1.29, 1.82) is 0 Å². The van der Waals surface area contributed by atoms with E-state index < -0.39 is 37.7 Å². The lowest BCUT2D eigenvalue weighted by molar-refractivity contribution is 0.0698. The van der Waals surface area contributed by atoms with E-state index in [0.29, 0.717) is 49.9 Å². The molecule has 0 bridgehead atoms. The number of rotatable bonds is 10. The highest BCUT2D eigenvalue weighted by atomic mass is 32.2. The van der Waals surface area contributed by atoms with Gasteiger partial charge in [-0.3, -0.25) is 14.2 Å². The van der Waals surface area contributed by atoms with E-state index in [2.05, 4.69) is 20.5 Å². The maximum Gasteiger partial charge on any atom is 0.340 e. The molecule has 8 aromatic rings. The monoisotopic (exact) mass is 894 g/mol. The molecule has 2 aromatic heterocycles. The molecular formula is C46H40F2N4O9S2. The SMILES string of the molecule is CN.CNC(=O)c1c(-c2ccc(F)cc2)oc2cc(NS(C)(=O)=O)c(-c3ccccc3)cc12.CS(=O)(=O)Nc1cc2oc(-c3ccc(F)cc3)c(C(=O)O)c2cc1-c1ccccc1. The molecule has 0 unspecified atom stereocenters. The Kier molecular flexibility index (Phi) is 13.4. The first-order chi connectivity index (χ1) is 30.0. The molecule has 17 heteroatoms. The van der Waals surface area contributed by atoms with Crippen LogP contribution in [-0.4, -0.2) is 60.4 Å². The Morgan fingerprint density at radius 2 is 0.921 bits per heavy atom. The first-order valence-corrected chi connectivity index (χ1v) is 22.6. The molecule has 0 fully saturated rings. The second-order valence-electron chi connectivity index (χ2n) is 13.8. The third kappa shape index (κ3) is 10.4. The zero-order valence-corrected chi connectivity index (χ0v) is 35.7. The van der Waals surface area contributed by atoms with Crippen molar-refractivity contribution in [1.82, 2.24) is 5.32 Å². The number of carboxylic acid groups (broad SMARTS) is 1. The van der Waals surface area contributed by atoms with Crippen molar-refractivity contribution in [2.75, 3.05) is 36.1 Å². The molecule has 6 aromatic carbocycles. The van der Waals surface area contributed by atoms with Crippen LogP contribution in [0.2, 0.25) is 0 Å². The van der Waals surface area contributed by atoms with E-state index in [-0.39, 0.29) is 39.8 Å². The number of fused-ring (bicyclic) bond motifs is 2. The number of amides is 1. The summed E-state index contributed by atoms with van der Waals surface area (Å²) >= 11 is 0. The number of nitrogens with two attached hydrogens (primary N) is 1. The lowest BCUT2D eigenvalue weighted by Gasteiger charge is -2.11. The van der Waals surface area contributed by atoms with Crippen LogP contribution in [0.25, 0.3) is 66.8 Å². The van der Waals surface area contributed by atoms with Crippen molar-refractivity contribution < 1.29 is 49.1 Å². The number of hydrogen-bond donors (Lipinski definition) is 5. The van der Waals surface area contributed by atoms with Gasteiger partial charge in [-0.2, -0.15) is 0 Å². The fourth-order valence-corrected chi connectivity index (χ4v) is 7.88. The molecule has 2 heterocycles. The molecule has 324 valence electrons. The van der Waals surface area contributed by atoms with Crippen molar-refractivity contribution in [3.05, 3.63) is 156 Å². The van der Waals surface area contributed by atoms with E-state index in [1.165, 1.54) is 68.7 Å². The fraction of sp³-hybridized carbons (Fsp3) is 0.0870. The van der Waals surface area contributed by atoms with Crippen molar-refractivity contribution in [2.24, 2.45) is 5.73 Å². The Morgan fingerprint density at radius 1 is 0.556 bits per heavy atom. The van der Waals surface area contributed by atoms with E-state index in [1.54, 1.807) is 42.5 Å². The molecule has 8 rings (SSSR count). The topological polar surface area (TPSA) is 211 Å². The second-order valence-corrected chi connectivity index (χ2v) is 17.3. The number of carbonyl (C=O) groups is 2. The smallest absolute Gasteiger partial charge is 0.340 e. The van der Waals surface area contributed by atoms with Crippen molar-refractivity contribution in [2.45, 2.75) is 0 Å². The molecule has 0 spiro atoms. The molecule has 0 aliphatic heterocycles. The minimum Gasteiger partial charge on any atom is -0.478 e. The van der Waals surface area contributed by atoms with Gasteiger partial charge in [0, 0.05) is 52.2 Å². The predicted octanol–water partition coefficient (Wildman–Crippen LogP) is 9.19. The van der Waals surface area contributed by atoms with E-state index in [0.717, 1.165) is 18.1 Å². The quantitative estimate of drug-likeness (QED) is 0.0878. The first kappa shape index (κ1) is 45.2. The van der Waals surface area contributed by atoms with E-state index >= 15 is 0 Å². The fourth-order valence-electron chi connectivity index (χ4n) is 6.74. The van der Waals surface area contributed by atoms with Gasteiger partial charge >= 0.3 is 5.97 Å². The Bertz CT molecular complexity index is 3180. The standard InChI is InChI=1S/C23H19FN2O4S.C22H16FNO5S.CH5N/c1-25-23(27)21-18-12-17(14-6-4-3-5-7-14)19(26-31(2,28)29)13-20(18)30-22(21)15-8-10-16(24)11-9-15;1-30(27,28)24-18-12-19-17(11-16(18)13-5-3-2-4-6-13)20(22(25)26)21(29-19)14-7-9-15(23)10-8-14;1-2/h3-13,26H,1-2H3,(H,25,27);2-12,24H,1H3,(H,25,26);2H2,1H3. The molecule has 0 aliphatic carbocycles. The maximum atomic E-state index is 13.4. The number of sulfonamides is 2. The highest BCUT2D eigenvalue weighted by molar-refractivity contribution is 7.92. The van der Waals surface area contributed by atoms with Crippen LogP contribution in [0.15, 0.2) is 142 Å². The van der Waals surface area contributed by atoms with Crippen molar-refractivity contribution in [3.63, 3.8) is 0 Å². The van der Waals surface area contributed by atoms with Crippen LogP contribution >= 0.6 is 0 Å². The molecule has 0 aliphatic rings. The van der Waals surface area contributed by atoms with Crippen LogP contribution in [0.4, 0.5) is 20.2 Å².